The molecule has 2 rings (SSSR count). The van der Waals surface area contributed by atoms with Crippen molar-refractivity contribution >= 4 is 76.7 Å². The van der Waals surface area contributed by atoms with E-state index in [-0.39, 0.29) is 95.4 Å². The van der Waals surface area contributed by atoms with Gasteiger partial charge in [0, 0.05) is 83.9 Å². The molecule has 49 heavy (non-hydrogen) atoms. The Balaban J connectivity index is 1.76. The van der Waals surface area contributed by atoms with E-state index in [4.69, 9.17) is 4.74 Å². The molecular weight excluding hydrogens is 683 g/mol. The van der Waals surface area contributed by atoms with Crippen molar-refractivity contribution in [2.75, 3.05) is 58.4 Å². The summed E-state index contributed by atoms with van der Waals surface area (Å²) in [7, 11) is 0. The quantitative estimate of drug-likeness (QED) is 0.0465. The molecule has 19 heteroatoms. The summed E-state index contributed by atoms with van der Waals surface area (Å²) >= 11 is 2.49. The lowest BCUT2D eigenvalue weighted by molar-refractivity contribution is -0.140. The van der Waals surface area contributed by atoms with Gasteiger partial charge < -0.3 is 31.3 Å². The van der Waals surface area contributed by atoms with Gasteiger partial charge in [-0.25, -0.2) is 4.90 Å². The van der Waals surface area contributed by atoms with Crippen LogP contribution in [-0.4, -0.2) is 138 Å². The van der Waals surface area contributed by atoms with Gasteiger partial charge in [0.15, 0.2) is 0 Å². The van der Waals surface area contributed by atoms with Crippen molar-refractivity contribution < 1.29 is 47.9 Å². The number of nitrogens with zero attached hydrogens (tertiary/aromatic N) is 2. The van der Waals surface area contributed by atoms with Crippen molar-refractivity contribution in [2.24, 2.45) is 0 Å². The Morgan fingerprint density at radius 2 is 1.31 bits per heavy atom. The number of likely N-dealkylation sites (tertiary alicyclic amines) is 2. The Labute approximate surface area is 293 Å². The molecule has 3 unspecified atom stereocenters. The third kappa shape index (κ3) is 13.5. The van der Waals surface area contributed by atoms with E-state index in [0.29, 0.717) is 6.61 Å². The number of thioether (sulfide) groups is 2. The molecule has 0 aromatic carbocycles. The van der Waals surface area contributed by atoms with Crippen molar-refractivity contribution in [2.45, 2.75) is 62.0 Å². The van der Waals surface area contributed by atoms with Crippen LogP contribution < -0.4 is 26.6 Å². The van der Waals surface area contributed by atoms with Crippen LogP contribution in [0.4, 0.5) is 0 Å². The number of hydrogen-bond donors (Lipinski definition) is 5. The first-order valence-electron chi connectivity index (χ1n) is 15.7. The van der Waals surface area contributed by atoms with E-state index < -0.39 is 57.9 Å². The van der Waals surface area contributed by atoms with Crippen molar-refractivity contribution in [1.29, 1.82) is 0 Å². The van der Waals surface area contributed by atoms with Gasteiger partial charge in [0.2, 0.25) is 47.3 Å². The van der Waals surface area contributed by atoms with Gasteiger partial charge in [-0.1, -0.05) is 6.58 Å². The first-order chi connectivity index (χ1) is 23.3. The minimum Gasteiger partial charge on any atom is -0.381 e. The number of rotatable bonds is 22. The molecule has 2 aliphatic rings. The highest BCUT2D eigenvalue weighted by atomic mass is 32.2. The van der Waals surface area contributed by atoms with Crippen LogP contribution in [0.25, 0.3) is 0 Å². The molecule has 9 amide bonds. The Bertz CT molecular complexity index is 1300. The van der Waals surface area contributed by atoms with Crippen LogP contribution in [0.1, 0.15) is 45.4 Å². The van der Waals surface area contributed by atoms with Crippen molar-refractivity contribution in [3.8, 4) is 0 Å². The van der Waals surface area contributed by atoms with Crippen molar-refractivity contribution in [3.63, 3.8) is 0 Å². The Morgan fingerprint density at radius 3 is 1.84 bits per heavy atom. The molecule has 272 valence electrons. The fraction of sp³-hybridized carbons (Fsp3) is 0.633. The standard InChI is InChI=1S/C30H45N7O10S2/c1-5-47-13-7-23(39)35-19(14-24(40)32-9-8-31-22(38)6-12-36-26(42)16-20(48-3)29(36)45)15-25(41)33-10-11-34-28(44)18(2)37-27(43)17-21(49-4)30(37)46/h19-21H,2,5-17H2,1,3-4H3,(H,31,38)(H,32,40)(H,33,41)(H,34,44)(H,35,39). The van der Waals surface area contributed by atoms with Gasteiger partial charge in [-0.05, 0) is 19.4 Å². The average molecular weight is 728 g/mol. The fourth-order valence-electron chi connectivity index (χ4n) is 4.81. The smallest absolute Gasteiger partial charge is 0.267 e. The minimum absolute atomic E-state index is 0.0157. The highest BCUT2D eigenvalue weighted by Gasteiger charge is 2.41. The van der Waals surface area contributed by atoms with Crippen LogP contribution in [-0.2, 0) is 47.9 Å². The van der Waals surface area contributed by atoms with Gasteiger partial charge in [0.1, 0.15) is 5.70 Å². The van der Waals surface area contributed by atoms with Gasteiger partial charge in [0.25, 0.3) is 5.91 Å². The van der Waals surface area contributed by atoms with Crippen molar-refractivity contribution in [3.05, 3.63) is 12.3 Å². The van der Waals surface area contributed by atoms with Crippen LogP contribution in [0.5, 0.6) is 0 Å². The van der Waals surface area contributed by atoms with E-state index in [2.05, 4.69) is 33.2 Å². The SMILES string of the molecule is C=C(C(=O)NCCNC(=O)CC(CC(=O)NCCNC(=O)CCN1C(=O)CC(SC)C1=O)NC(=O)CCOCC)N1C(=O)CC(SC)C1=O. The number of ether oxygens (including phenoxy) is 1. The third-order valence-corrected chi connectivity index (χ3v) is 9.25. The molecule has 0 saturated carbocycles. The third-order valence-electron chi connectivity index (χ3n) is 7.38. The summed E-state index contributed by atoms with van der Waals surface area (Å²) in [5.41, 5.74) is -0.308. The second-order valence-electron chi connectivity index (χ2n) is 10.9. The molecular formula is C30H45N7O10S2. The van der Waals surface area contributed by atoms with Crippen LogP contribution in [0.15, 0.2) is 12.3 Å². The van der Waals surface area contributed by atoms with Crippen LogP contribution in [0, 0.1) is 0 Å². The van der Waals surface area contributed by atoms with Crippen molar-refractivity contribution in [1.82, 2.24) is 36.4 Å². The summed E-state index contributed by atoms with van der Waals surface area (Å²) in [6.07, 6.45) is 2.95. The maximum atomic E-state index is 12.6. The first-order valence-corrected chi connectivity index (χ1v) is 18.3. The Morgan fingerprint density at radius 1 is 0.776 bits per heavy atom. The van der Waals surface area contributed by atoms with E-state index in [1.807, 2.05) is 0 Å². The summed E-state index contributed by atoms with van der Waals surface area (Å²) in [6, 6.07) is -0.879. The monoisotopic (exact) mass is 727 g/mol. The maximum Gasteiger partial charge on any atom is 0.267 e. The van der Waals surface area contributed by atoms with Gasteiger partial charge in [-0.15, -0.1) is 0 Å². The summed E-state index contributed by atoms with van der Waals surface area (Å²) in [6.45, 7) is 5.92. The lowest BCUT2D eigenvalue weighted by atomic mass is 10.1. The molecule has 2 aliphatic heterocycles. The first kappa shape index (κ1) is 41.2. The van der Waals surface area contributed by atoms with Gasteiger partial charge in [-0.3, -0.25) is 48.1 Å². The highest BCUT2D eigenvalue weighted by molar-refractivity contribution is 8.00. The molecule has 0 aromatic heterocycles. The summed E-state index contributed by atoms with van der Waals surface area (Å²) in [4.78, 5) is 113. The van der Waals surface area contributed by atoms with E-state index in [0.717, 1.165) is 9.80 Å². The van der Waals surface area contributed by atoms with E-state index >= 15 is 0 Å². The van der Waals surface area contributed by atoms with Gasteiger partial charge in [0.05, 0.1) is 17.1 Å². The number of carbonyl (C=O) groups excluding carboxylic acids is 9. The van der Waals surface area contributed by atoms with E-state index in [9.17, 15) is 43.2 Å². The summed E-state index contributed by atoms with van der Waals surface area (Å²) < 4.78 is 5.18. The van der Waals surface area contributed by atoms with Crippen LogP contribution in [0.2, 0.25) is 0 Å². The topological polar surface area (TPSA) is 229 Å². The molecule has 2 fully saturated rings. The molecule has 0 spiro atoms. The number of nitrogens with one attached hydrogen (secondary N) is 5. The van der Waals surface area contributed by atoms with Gasteiger partial charge in [-0.2, -0.15) is 23.5 Å². The largest absolute Gasteiger partial charge is 0.381 e. The van der Waals surface area contributed by atoms with Gasteiger partial charge >= 0.3 is 0 Å². The number of amides is 9. The molecule has 2 saturated heterocycles. The molecule has 0 radical (unpaired) electrons. The van der Waals surface area contributed by atoms with E-state index in [1.165, 1.54) is 23.5 Å². The zero-order valence-corrected chi connectivity index (χ0v) is 29.6. The number of imide groups is 2. The molecule has 0 aromatic rings. The number of carbonyl (C=O) groups is 9. The minimum atomic E-state index is -0.879. The fourth-order valence-corrected chi connectivity index (χ4v) is 6.06. The van der Waals surface area contributed by atoms with Crippen LogP contribution in [0.3, 0.4) is 0 Å². The highest BCUT2D eigenvalue weighted by Crippen LogP contribution is 2.26. The maximum absolute atomic E-state index is 12.6. The molecule has 3 atom stereocenters. The van der Waals surface area contributed by atoms with Crippen LogP contribution >= 0.6 is 23.5 Å². The predicted octanol–water partition coefficient (Wildman–Crippen LogP) is -1.97. The van der Waals surface area contributed by atoms with E-state index in [1.54, 1.807) is 19.4 Å². The lowest BCUT2D eigenvalue weighted by Gasteiger charge is -2.19. The molecule has 0 bridgehead atoms. The molecule has 5 N–H and O–H groups in total. The predicted molar refractivity (Wildman–Crippen MR) is 180 cm³/mol. The molecule has 17 nitrogen and oxygen atoms in total. The average Bonchev–Trinajstić information content (AvgIpc) is 3.51. The Hall–Kier alpha value is -3.97. The lowest BCUT2D eigenvalue weighted by Crippen LogP contribution is -2.45. The Kier molecular flexibility index (Phi) is 17.8. The second-order valence-corrected chi connectivity index (χ2v) is 13.0. The zero-order chi connectivity index (χ0) is 36.5. The summed E-state index contributed by atoms with van der Waals surface area (Å²) in [5, 5.41) is 11.9. The molecule has 0 aliphatic carbocycles. The summed E-state index contributed by atoms with van der Waals surface area (Å²) in [5.74, 6) is -4.23. The normalized spacial score (nSPS) is 17.9. The molecule has 2 heterocycles. The zero-order valence-electron chi connectivity index (χ0n) is 27.9. The second kappa shape index (κ2) is 21.2. The number of hydrogen-bond acceptors (Lipinski definition) is 12.